The Bertz CT molecular complexity index is 697. The van der Waals surface area contributed by atoms with Crippen LogP contribution in [0.1, 0.15) is 50.5 Å². The highest BCUT2D eigenvalue weighted by Crippen LogP contribution is 2.29. The van der Waals surface area contributed by atoms with Crippen molar-refractivity contribution in [1.82, 2.24) is 10.2 Å². The van der Waals surface area contributed by atoms with Crippen molar-refractivity contribution in [3.8, 4) is 5.75 Å². The number of carbonyl (C=O) groups is 3. The van der Waals surface area contributed by atoms with Crippen molar-refractivity contribution in [3.63, 3.8) is 0 Å². The number of likely N-dealkylation sites (tertiary alicyclic amines) is 1. The monoisotopic (exact) mass is 388 g/mol. The fraction of sp³-hybridized carbons (Fsp3) is 0.571. The standard InChI is InChI=1S/C21H28N2O5/c24-19-12-16(14-23(19)17-4-1-2-5-17)21(27)22-13-15-7-9-18(10-8-15)28-11-3-6-20(25)26/h7-10,16-17H,1-6,11-14H2,(H,22,27)(H,25,26). The minimum Gasteiger partial charge on any atom is -0.494 e. The third-order valence-corrected chi connectivity index (χ3v) is 5.49. The summed E-state index contributed by atoms with van der Waals surface area (Å²) in [5, 5.41) is 11.5. The second kappa shape index (κ2) is 9.57. The number of nitrogens with zero attached hydrogens (tertiary/aromatic N) is 1. The van der Waals surface area contributed by atoms with Crippen LogP contribution in [0.3, 0.4) is 0 Å². The number of hydrogen-bond donors (Lipinski definition) is 2. The van der Waals surface area contributed by atoms with Gasteiger partial charge in [0.15, 0.2) is 0 Å². The van der Waals surface area contributed by atoms with E-state index in [1.807, 2.05) is 29.2 Å². The number of nitrogens with one attached hydrogen (secondary N) is 1. The van der Waals surface area contributed by atoms with Crippen LogP contribution in [0.4, 0.5) is 0 Å². The van der Waals surface area contributed by atoms with E-state index < -0.39 is 5.97 Å². The Hall–Kier alpha value is -2.57. The lowest BCUT2D eigenvalue weighted by Gasteiger charge is -2.23. The number of rotatable bonds is 9. The lowest BCUT2D eigenvalue weighted by atomic mass is 10.1. The molecule has 0 aromatic heterocycles. The van der Waals surface area contributed by atoms with E-state index in [1.165, 1.54) is 12.8 Å². The van der Waals surface area contributed by atoms with Crippen LogP contribution in [0.15, 0.2) is 24.3 Å². The lowest BCUT2D eigenvalue weighted by Crippen LogP contribution is -2.36. The summed E-state index contributed by atoms with van der Waals surface area (Å²) < 4.78 is 5.50. The van der Waals surface area contributed by atoms with Crippen molar-refractivity contribution in [2.75, 3.05) is 13.2 Å². The van der Waals surface area contributed by atoms with Gasteiger partial charge in [-0.25, -0.2) is 0 Å². The summed E-state index contributed by atoms with van der Waals surface area (Å²) in [6, 6.07) is 7.69. The molecule has 2 aliphatic rings. The Labute approximate surface area is 165 Å². The molecular weight excluding hydrogens is 360 g/mol. The third kappa shape index (κ3) is 5.47. The molecule has 2 fully saturated rings. The molecule has 1 unspecified atom stereocenters. The van der Waals surface area contributed by atoms with Gasteiger partial charge >= 0.3 is 5.97 Å². The summed E-state index contributed by atoms with van der Waals surface area (Å²) in [6.45, 7) is 1.31. The van der Waals surface area contributed by atoms with E-state index in [4.69, 9.17) is 9.84 Å². The number of amides is 2. The second-order valence-electron chi connectivity index (χ2n) is 7.59. The highest BCUT2D eigenvalue weighted by atomic mass is 16.5. The largest absolute Gasteiger partial charge is 0.494 e. The molecule has 1 aliphatic carbocycles. The number of hydrogen-bond acceptors (Lipinski definition) is 4. The number of benzene rings is 1. The first-order chi connectivity index (χ1) is 13.5. The van der Waals surface area contributed by atoms with Crippen LogP contribution in [0.2, 0.25) is 0 Å². The van der Waals surface area contributed by atoms with E-state index in [-0.39, 0.29) is 24.2 Å². The molecule has 0 spiro atoms. The normalized spacial score (nSPS) is 19.8. The first-order valence-corrected chi connectivity index (χ1v) is 10.0. The molecule has 3 rings (SSSR count). The lowest BCUT2D eigenvalue weighted by molar-refractivity contribution is -0.137. The molecule has 1 saturated heterocycles. The molecule has 2 amide bonds. The molecule has 2 N–H and O–H groups in total. The van der Waals surface area contributed by atoms with E-state index in [9.17, 15) is 14.4 Å². The topological polar surface area (TPSA) is 95.9 Å². The van der Waals surface area contributed by atoms with Crippen molar-refractivity contribution >= 4 is 17.8 Å². The van der Waals surface area contributed by atoms with Crippen LogP contribution < -0.4 is 10.1 Å². The summed E-state index contributed by atoms with van der Waals surface area (Å²) >= 11 is 0. The predicted molar refractivity (Wildman–Crippen MR) is 103 cm³/mol. The molecule has 0 radical (unpaired) electrons. The van der Waals surface area contributed by atoms with Crippen LogP contribution in [0, 0.1) is 5.92 Å². The minimum absolute atomic E-state index is 0.0668. The van der Waals surface area contributed by atoms with Gasteiger partial charge in [0, 0.05) is 32.0 Å². The van der Waals surface area contributed by atoms with Gasteiger partial charge in [0.1, 0.15) is 5.75 Å². The molecule has 1 aromatic carbocycles. The van der Waals surface area contributed by atoms with Crippen LogP contribution in [-0.4, -0.2) is 47.0 Å². The zero-order valence-electron chi connectivity index (χ0n) is 16.1. The van der Waals surface area contributed by atoms with Crippen molar-refractivity contribution in [2.24, 2.45) is 5.92 Å². The minimum atomic E-state index is -0.829. The summed E-state index contributed by atoms with van der Waals surface area (Å²) in [4.78, 5) is 37.1. The van der Waals surface area contributed by atoms with Crippen LogP contribution >= 0.6 is 0 Å². The smallest absolute Gasteiger partial charge is 0.303 e. The maximum atomic E-state index is 12.5. The molecular formula is C21H28N2O5. The van der Waals surface area contributed by atoms with E-state index in [2.05, 4.69) is 5.32 Å². The Morgan fingerprint density at radius 1 is 1.18 bits per heavy atom. The molecule has 0 bridgehead atoms. The fourth-order valence-electron chi connectivity index (χ4n) is 3.93. The molecule has 7 heteroatoms. The summed E-state index contributed by atoms with van der Waals surface area (Å²) in [5.74, 6) is -0.372. The maximum absolute atomic E-state index is 12.5. The van der Waals surface area contributed by atoms with E-state index in [1.54, 1.807) is 0 Å². The zero-order valence-corrected chi connectivity index (χ0v) is 16.1. The fourth-order valence-corrected chi connectivity index (χ4v) is 3.93. The van der Waals surface area contributed by atoms with E-state index >= 15 is 0 Å². The Morgan fingerprint density at radius 3 is 2.57 bits per heavy atom. The van der Waals surface area contributed by atoms with Gasteiger partial charge in [0.2, 0.25) is 11.8 Å². The van der Waals surface area contributed by atoms with Gasteiger partial charge < -0.3 is 20.1 Å². The molecule has 1 saturated carbocycles. The highest BCUT2D eigenvalue weighted by molar-refractivity contribution is 5.89. The van der Waals surface area contributed by atoms with Crippen LogP contribution in [-0.2, 0) is 20.9 Å². The van der Waals surface area contributed by atoms with Crippen molar-refractivity contribution in [1.29, 1.82) is 0 Å². The number of carbonyl (C=O) groups excluding carboxylic acids is 2. The van der Waals surface area contributed by atoms with Gasteiger partial charge in [-0.05, 0) is 37.0 Å². The second-order valence-corrected chi connectivity index (χ2v) is 7.59. The first-order valence-electron chi connectivity index (χ1n) is 10.0. The van der Waals surface area contributed by atoms with Crippen molar-refractivity contribution in [3.05, 3.63) is 29.8 Å². The average Bonchev–Trinajstić information content (AvgIpc) is 3.33. The Morgan fingerprint density at radius 2 is 1.89 bits per heavy atom. The van der Waals surface area contributed by atoms with Gasteiger partial charge in [-0.1, -0.05) is 25.0 Å². The zero-order chi connectivity index (χ0) is 19.9. The van der Waals surface area contributed by atoms with E-state index in [0.29, 0.717) is 44.3 Å². The molecule has 1 aromatic rings. The molecule has 28 heavy (non-hydrogen) atoms. The quantitative estimate of drug-likeness (QED) is 0.633. The maximum Gasteiger partial charge on any atom is 0.303 e. The molecule has 7 nitrogen and oxygen atoms in total. The summed E-state index contributed by atoms with van der Waals surface area (Å²) in [5.41, 5.74) is 0.947. The van der Waals surface area contributed by atoms with Crippen molar-refractivity contribution < 1.29 is 24.2 Å². The predicted octanol–water partition coefficient (Wildman–Crippen LogP) is 2.34. The van der Waals surface area contributed by atoms with Gasteiger partial charge in [0.25, 0.3) is 0 Å². The van der Waals surface area contributed by atoms with Gasteiger partial charge in [-0.15, -0.1) is 0 Å². The number of carboxylic acids is 1. The summed E-state index contributed by atoms with van der Waals surface area (Å²) in [6.07, 6.45) is 5.33. The third-order valence-electron chi connectivity index (χ3n) is 5.49. The Kier molecular flexibility index (Phi) is 6.90. The number of aliphatic carboxylic acids is 1. The number of carboxylic acid groups (broad SMARTS) is 1. The van der Waals surface area contributed by atoms with Crippen molar-refractivity contribution in [2.45, 2.75) is 57.5 Å². The molecule has 1 heterocycles. The van der Waals surface area contributed by atoms with Gasteiger partial charge in [0.05, 0.1) is 12.5 Å². The molecule has 152 valence electrons. The molecule has 1 aliphatic heterocycles. The first kappa shape index (κ1) is 20.2. The van der Waals surface area contributed by atoms with E-state index in [0.717, 1.165) is 18.4 Å². The van der Waals surface area contributed by atoms with Crippen LogP contribution in [0.5, 0.6) is 5.75 Å². The number of ether oxygens (including phenoxy) is 1. The Balaban J connectivity index is 1.40. The van der Waals surface area contributed by atoms with Gasteiger partial charge in [-0.2, -0.15) is 0 Å². The van der Waals surface area contributed by atoms with Crippen LogP contribution in [0.25, 0.3) is 0 Å². The SMILES string of the molecule is O=C(O)CCCOc1ccc(CNC(=O)C2CC(=O)N(C3CCCC3)C2)cc1. The highest BCUT2D eigenvalue weighted by Gasteiger charge is 2.38. The van der Waals surface area contributed by atoms with Gasteiger partial charge in [-0.3, -0.25) is 14.4 Å². The summed E-state index contributed by atoms with van der Waals surface area (Å²) in [7, 11) is 0. The average molecular weight is 388 g/mol. The molecule has 1 atom stereocenters.